The number of anilines is 1. The number of nitrogens with one attached hydrogen (secondary N) is 1. The fourth-order valence-electron chi connectivity index (χ4n) is 2.35. The first-order valence-corrected chi connectivity index (χ1v) is 7.23. The molecule has 0 unspecified atom stereocenters. The molecule has 0 aromatic heterocycles. The zero-order valence-electron chi connectivity index (χ0n) is 11.6. The van der Waals surface area contributed by atoms with Crippen LogP contribution in [0.5, 0.6) is 0 Å². The van der Waals surface area contributed by atoms with Crippen LogP contribution in [-0.4, -0.2) is 34.2 Å². The van der Waals surface area contributed by atoms with E-state index in [-0.39, 0.29) is 17.7 Å². The summed E-state index contributed by atoms with van der Waals surface area (Å²) in [6.45, 7) is 2.01. The summed E-state index contributed by atoms with van der Waals surface area (Å²) >= 11 is 5.81. The van der Waals surface area contributed by atoms with Gasteiger partial charge in [0.25, 0.3) is 5.91 Å². The van der Waals surface area contributed by atoms with Crippen molar-refractivity contribution in [2.24, 2.45) is 5.10 Å². The summed E-state index contributed by atoms with van der Waals surface area (Å²) in [6, 6.07) is 7.37. The van der Waals surface area contributed by atoms with Crippen LogP contribution in [0.3, 0.4) is 0 Å². The van der Waals surface area contributed by atoms with Crippen LogP contribution in [0.25, 0.3) is 0 Å². The minimum absolute atomic E-state index is 0.103. The molecule has 1 aliphatic carbocycles. The SMILES string of the molecule is CC(=NNc1ccc(Cl)cc1)C1=C(O)CN(C2CC2)C1=O. The lowest BCUT2D eigenvalue weighted by Gasteiger charge is -2.14. The van der Waals surface area contributed by atoms with Crippen molar-refractivity contribution < 1.29 is 9.90 Å². The summed E-state index contributed by atoms with van der Waals surface area (Å²) in [5, 5.41) is 14.8. The highest BCUT2D eigenvalue weighted by atomic mass is 35.5. The largest absolute Gasteiger partial charge is 0.510 e. The Morgan fingerprint density at radius 2 is 2.05 bits per heavy atom. The number of aliphatic hydroxyl groups excluding tert-OH is 1. The molecular formula is C15H16ClN3O2. The Balaban J connectivity index is 1.73. The van der Waals surface area contributed by atoms with Gasteiger partial charge >= 0.3 is 0 Å². The summed E-state index contributed by atoms with van der Waals surface area (Å²) in [5.41, 5.74) is 4.42. The normalized spacial score (nSPS) is 19.4. The van der Waals surface area contributed by atoms with Crippen molar-refractivity contribution in [3.05, 3.63) is 40.6 Å². The molecule has 1 amide bonds. The molecule has 1 heterocycles. The van der Waals surface area contributed by atoms with Crippen molar-refractivity contribution in [3.63, 3.8) is 0 Å². The second kappa shape index (κ2) is 5.41. The standard InChI is InChI=1S/C15H16ClN3O2/c1-9(17-18-11-4-2-10(16)3-5-11)14-13(20)8-19(15(14)21)12-6-7-12/h2-5,12,18,20H,6-8H2,1H3. The molecule has 0 spiro atoms. The fourth-order valence-corrected chi connectivity index (χ4v) is 2.48. The summed E-state index contributed by atoms with van der Waals surface area (Å²) in [5.74, 6) is -0.0276. The van der Waals surface area contributed by atoms with E-state index in [1.165, 1.54) is 0 Å². The minimum Gasteiger partial charge on any atom is -0.510 e. The molecule has 1 saturated carbocycles. The van der Waals surface area contributed by atoms with Gasteiger partial charge in [0.1, 0.15) is 11.3 Å². The van der Waals surface area contributed by atoms with Crippen molar-refractivity contribution >= 4 is 28.9 Å². The minimum atomic E-state index is -0.130. The average molecular weight is 306 g/mol. The number of carbonyl (C=O) groups is 1. The number of halogens is 1. The maximum absolute atomic E-state index is 12.3. The van der Waals surface area contributed by atoms with Crippen molar-refractivity contribution in [3.8, 4) is 0 Å². The fraction of sp³-hybridized carbons (Fsp3) is 0.333. The van der Waals surface area contributed by atoms with Gasteiger partial charge in [-0.15, -0.1) is 0 Å². The first-order chi connectivity index (χ1) is 10.1. The molecule has 5 nitrogen and oxygen atoms in total. The number of amides is 1. The van der Waals surface area contributed by atoms with Crippen LogP contribution >= 0.6 is 11.6 Å². The maximum atomic E-state index is 12.3. The van der Waals surface area contributed by atoms with Gasteiger partial charge in [-0.3, -0.25) is 10.2 Å². The van der Waals surface area contributed by atoms with Gasteiger partial charge in [-0.2, -0.15) is 5.10 Å². The van der Waals surface area contributed by atoms with Gasteiger partial charge in [0.15, 0.2) is 0 Å². The van der Waals surface area contributed by atoms with E-state index in [0.717, 1.165) is 18.5 Å². The van der Waals surface area contributed by atoms with E-state index in [2.05, 4.69) is 10.5 Å². The van der Waals surface area contributed by atoms with Crippen LogP contribution in [0.15, 0.2) is 40.7 Å². The molecular weight excluding hydrogens is 290 g/mol. The van der Waals surface area contributed by atoms with Crippen molar-refractivity contribution in [2.75, 3.05) is 12.0 Å². The molecule has 3 rings (SSSR count). The molecule has 21 heavy (non-hydrogen) atoms. The Morgan fingerprint density at radius 3 is 2.67 bits per heavy atom. The van der Waals surface area contributed by atoms with Gasteiger partial charge in [0.05, 0.1) is 17.9 Å². The average Bonchev–Trinajstić information content (AvgIpc) is 3.24. The molecule has 1 aliphatic heterocycles. The number of carbonyl (C=O) groups excluding carboxylic acids is 1. The number of hydrazone groups is 1. The first-order valence-electron chi connectivity index (χ1n) is 6.85. The van der Waals surface area contributed by atoms with Crippen LogP contribution < -0.4 is 5.43 Å². The number of rotatable bonds is 4. The number of benzene rings is 1. The molecule has 1 aromatic rings. The highest BCUT2D eigenvalue weighted by Crippen LogP contribution is 2.32. The lowest BCUT2D eigenvalue weighted by Crippen LogP contribution is -2.30. The van der Waals surface area contributed by atoms with Crippen molar-refractivity contribution in [2.45, 2.75) is 25.8 Å². The highest BCUT2D eigenvalue weighted by Gasteiger charge is 2.40. The van der Waals surface area contributed by atoms with E-state index in [9.17, 15) is 9.90 Å². The Kier molecular flexibility index (Phi) is 3.59. The van der Waals surface area contributed by atoms with Gasteiger partial charge in [-0.1, -0.05) is 11.6 Å². The molecule has 2 aliphatic rings. The smallest absolute Gasteiger partial charge is 0.259 e. The quantitative estimate of drug-likeness (QED) is 0.664. The Bertz CT molecular complexity index is 633. The number of hydrogen-bond acceptors (Lipinski definition) is 4. The van der Waals surface area contributed by atoms with Gasteiger partial charge in [-0.05, 0) is 44.0 Å². The number of aliphatic hydroxyl groups is 1. The molecule has 2 N–H and O–H groups in total. The lowest BCUT2D eigenvalue weighted by atomic mass is 10.1. The second-order valence-corrected chi connectivity index (χ2v) is 5.74. The van der Waals surface area contributed by atoms with Crippen LogP contribution in [0.1, 0.15) is 19.8 Å². The number of hydrogen-bond donors (Lipinski definition) is 2. The van der Waals surface area contributed by atoms with Gasteiger partial charge in [-0.25, -0.2) is 0 Å². The zero-order valence-corrected chi connectivity index (χ0v) is 12.4. The number of nitrogens with zero attached hydrogens (tertiary/aromatic N) is 2. The van der Waals surface area contributed by atoms with Crippen LogP contribution in [0.4, 0.5) is 5.69 Å². The van der Waals surface area contributed by atoms with E-state index in [1.807, 2.05) is 0 Å². The monoisotopic (exact) mass is 305 g/mol. The zero-order chi connectivity index (χ0) is 15.0. The molecule has 6 heteroatoms. The summed E-state index contributed by atoms with van der Waals surface area (Å²) in [7, 11) is 0. The van der Waals surface area contributed by atoms with E-state index in [1.54, 1.807) is 36.1 Å². The molecule has 0 bridgehead atoms. The Labute approximate surface area is 127 Å². The second-order valence-electron chi connectivity index (χ2n) is 5.30. The van der Waals surface area contributed by atoms with Crippen molar-refractivity contribution in [1.82, 2.24) is 4.90 Å². The molecule has 1 aromatic carbocycles. The molecule has 0 saturated heterocycles. The predicted molar refractivity (Wildman–Crippen MR) is 82.6 cm³/mol. The van der Waals surface area contributed by atoms with Crippen molar-refractivity contribution in [1.29, 1.82) is 0 Å². The summed E-state index contributed by atoms with van der Waals surface area (Å²) in [4.78, 5) is 14.0. The third kappa shape index (κ3) is 2.88. The third-order valence-electron chi connectivity index (χ3n) is 3.63. The Hall–Kier alpha value is -2.01. The van der Waals surface area contributed by atoms with Crippen LogP contribution in [0.2, 0.25) is 5.02 Å². The Morgan fingerprint density at radius 1 is 1.38 bits per heavy atom. The molecule has 0 radical (unpaired) electrons. The topological polar surface area (TPSA) is 64.9 Å². The summed E-state index contributed by atoms with van der Waals surface area (Å²) in [6.07, 6.45) is 2.04. The van der Waals surface area contributed by atoms with Crippen LogP contribution in [0, 0.1) is 0 Å². The maximum Gasteiger partial charge on any atom is 0.259 e. The third-order valence-corrected chi connectivity index (χ3v) is 3.88. The van der Waals surface area contributed by atoms with Gasteiger partial charge in [0, 0.05) is 11.1 Å². The summed E-state index contributed by atoms with van der Waals surface area (Å²) < 4.78 is 0. The van der Waals surface area contributed by atoms with E-state index in [0.29, 0.717) is 22.9 Å². The lowest BCUT2D eigenvalue weighted by molar-refractivity contribution is -0.125. The van der Waals surface area contributed by atoms with Gasteiger partial charge < -0.3 is 10.0 Å². The molecule has 110 valence electrons. The first kappa shape index (κ1) is 13.9. The van der Waals surface area contributed by atoms with E-state index >= 15 is 0 Å². The van der Waals surface area contributed by atoms with Gasteiger partial charge in [0.2, 0.25) is 0 Å². The molecule has 0 atom stereocenters. The van der Waals surface area contributed by atoms with Crippen LogP contribution in [-0.2, 0) is 4.79 Å². The predicted octanol–water partition coefficient (Wildman–Crippen LogP) is 2.94. The van der Waals surface area contributed by atoms with E-state index < -0.39 is 0 Å². The van der Waals surface area contributed by atoms with E-state index in [4.69, 9.17) is 11.6 Å². The molecule has 1 fully saturated rings. The highest BCUT2D eigenvalue weighted by molar-refractivity contribution is 6.30.